The molecule has 0 aliphatic carbocycles. The minimum Gasteiger partial charge on any atom is -0.366 e. The molecule has 0 aliphatic heterocycles. The number of hydrogen-bond donors (Lipinski definition) is 2. The first-order chi connectivity index (χ1) is 7.65. The Labute approximate surface area is 105 Å². The molecule has 3 N–H and O–H groups in total. The van der Waals surface area contributed by atoms with Crippen LogP contribution in [0.25, 0.3) is 0 Å². The highest BCUT2D eigenvalue weighted by molar-refractivity contribution is 7.98. The van der Waals surface area contributed by atoms with Crippen molar-refractivity contribution in [1.82, 2.24) is 5.32 Å². The van der Waals surface area contributed by atoms with E-state index in [0.29, 0.717) is 17.1 Å². The molecular formula is C11H15ClN2OS. The number of nitrogens with two attached hydrogens (primary N) is 1. The van der Waals surface area contributed by atoms with Gasteiger partial charge in [0.2, 0.25) is 5.91 Å². The third-order valence-corrected chi connectivity index (χ3v) is 3.10. The molecule has 0 heterocycles. The van der Waals surface area contributed by atoms with Crippen LogP contribution in [0, 0.1) is 0 Å². The number of carbonyl (C=O) groups excluding carboxylic acids is 1. The van der Waals surface area contributed by atoms with Crippen LogP contribution in [-0.2, 0) is 6.54 Å². The molecule has 0 unspecified atom stereocenters. The van der Waals surface area contributed by atoms with Crippen LogP contribution >= 0.6 is 23.4 Å². The van der Waals surface area contributed by atoms with E-state index >= 15 is 0 Å². The summed E-state index contributed by atoms with van der Waals surface area (Å²) in [5.74, 6) is 0.612. The monoisotopic (exact) mass is 258 g/mol. The van der Waals surface area contributed by atoms with Gasteiger partial charge < -0.3 is 11.1 Å². The summed E-state index contributed by atoms with van der Waals surface area (Å²) >= 11 is 7.82. The molecule has 0 radical (unpaired) electrons. The van der Waals surface area contributed by atoms with Crippen LogP contribution in [0.4, 0.5) is 0 Å². The SMILES string of the molecule is CSCCNCc1ccc(C(N)=O)cc1Cl. The van der Waals surface area contributed by atoms with E-state index in [0.717, 1.165) is 17.9 Å². The zero-order valence-corrected chi connectivity index (χ0v) is 10.7. The molecule has 0 saturated heterocycles. The highest BCUT2D eigenvalue weighted by atomic mass is 35.5. The summed E-state index contributed by atoms with van der Waals surface area (Å²) in [6.07, 6.45) is 2.07. The lowest BCUT2D eigenvalue weighted by atomic mass is 10.1. The fourth-order valence-corrected chi connectivity index (χ4v) is 1.84. The van der Waals surface area contributed by atoms with Gasteiger partial charge in [0.05, 0.1) is 0 Å². The molecule has 0 aliphatic rings. The van der Waals surface area contributed by atoms with Crippen molar-refractivity contribution in [2.45, 2.75) is 6.54 Å². The summed E-state index contributed by atoms with van der Waals surface area (Å²) in [7, 11) is 0. The Kier molecular flexibility index (Phi) is 5.66. The Bertz CT molecular complexity index is 371. The quantitative estimate of drug-likeness (QED) is 0.767. The molecule has 1 amide bonds. The van der Waals surface area contributed by atoms with E-state index < -0.39 is 5.91 Å². The van der Waals surface area contributed by atoms with Gasteiger partial charge >= 0.3 is 0 Å². The van der Waals surface area contributed by atoms with Gasteiger partial charge in [-0.25, -0.2) is 0 Å². The Balaban J connectivity index is 2.57. The van der Waals surface area contributed by atoms with Crippen LogP contribution in [0.1, 0.15) is 15.9 Å². The van der Waals surface area contributed by atoms with Crippen molar-refractivity contribution >= 4 is 29.3 Å². The summed E-state index contributed by atoms with van der Waals surface area (Å²) in [5.41, 5.74) is 6.58. The molecule has 1 aromatic carbocycles. The maximum atomic E-state index is 10.9. The zero-order valence-electron chi connectivity index (χ0n) is 9.13. The van der Waals surface area contributed by atoms with Gasteiger partial charge in [0.25, 0.3) is 0 Å². The van der Waals surface area contributed by atoms with Crippen LogP contribution in [0.15, 0.2) is 18.2 Å². The van der Waals surface area contributed by atoms with Gasteiger partial charge in [-0.1, -0.05) is 17.7 Å². The molecule has 0 saturated carbocycles. The summed E-state index contributed by atoms with van der Waals surface area (Å²) < 4.78 is 0. The average molecular weight is 259 g/mol. The van der Waals surface area contributed by atoms with Crippen molar-refractivity contribution in [3.05, 3.63) is 34.3 Å². The minimum absolute atomic E-state index is 0.442. The summed E-state index contributed by atoms with van der Waals surface area (Å²) in [6, 6.07) is 5.13. The number of amides is 1. The molecule has 1 rings (SSSR count). The topological polar surface area (TPSA) is 55.1 Å². The largest absolute Gasteiger partial charge is 0.366 e. The molecule has 0 fully saturated rings. The first-order valence-corrected chi connectivity index (χ1v) is 6.70. The average Bonchev–Trinajstić information content (AvgIpc) is 2.26. The highest BCUT2D eigenvalue weighted by Gasteiger charge is 2.04. The fourth-order valence-electron chi connectivity index (χ4n) is 1.24. The molecule has 0 bridgehead atoms. The number of hydrogen-bond acceptors (Lipinski definition) is 3. The van der Waals surface area contributed by atoms with Crippen molar-refractivity contribution in [2.24, 2.45) is 5.73 Å². The van der Waals surface area contributed by atoms with Gasteiger partial charge in [-0.2, -0.15) is 11.8 Å². The lowest BCUT2D eigenvalue weighted by molar-refractivity contribution is 0.100. The van der Waals surface area contributed by atoms with Crippen LogP contribution < -0.4 is 11.1 Å². The van der Waals surface area contributed by atoms with Crippen LogP contribution in [0.3, 0.4) is 0 Å². The van der Waals surface area contributed by atoms with Gasteiger partial charge in [-0.15, -0.1) is 0 Å². The number of benzene rings is 1. The Morgan fingerprint density at radius 3 is 2.88 bits per heavy atom. The maximum absolute atomic E-state index is 10.9. The Morgan fingerprint density at radius 1 is 1.56 bits per heavy atom. The van der Waals surface area contributed by atoms with Gasteiger partial charge in [0, 0.05) is 29.4 Å². The molecule has 3 nitrogen and oxygen atoms in total. The van der Waals surface area contributed by atoms with Crippen LogP contribution in [-0.4, -0.2) is 24.5 Å². The smallest absolute Gasteiger partial charge is 0.248 e. The van der Waals surface area contributed by atoms with E-state index in [-0.39, 0.29) is 0 Å². The lowest BCUT2D eigenvalue weighted by Crippen LogP contribution is -2.17. The van der Waals surface area contributed by atoms with Crippen molar-refractivity contribution in [3.8, 4) is 0 Å². The highest BCUT2D eigenvalue weighted by Crippen LogP contribution is 2.17. The molecule has 5 heteroatoms. The zero-order chi connectivity index (χ0) is 12.0. The minimum atomic E-state index is -0.455. The maximum Gasteiger partial charge on any atom is 0.248 e. The molecule has 1 aromatic rings. The number of thioether (sulfide) groups is 1. The van der Waals surface area contributed by atoms with E-state index in [1.807, 2.05) is 6.07 Å². The summed E-state index contributed by atoms with van der Waals surface area (Å²) in [5, 5.41) is 3.85. The van der Waals surface area contributed by atoms with Gasteiger partial charge in [-0.3, -0.25) is 4.79 Å². The Hall–Kier alpha value is -0.710. The van der Waals surface area contributed by atoms with E-state index in [9.17, 15) is 4.79 Å². The Morgan fingerprint density at radius 2 is 2.31 bits per heavy atom. The molecule has 0 spiro atoms. The number of halogens is 1. The summed E-state index contributed by atoms with van der Waals surface area (Å²) in [4.78, 5) is 10.9. The van der Waals surface area contributed by atoms with E-state index in [4.69, 9.17) is 17.3 Å². The van der Waals surface area contributed by atoms with Crippen LogP contribution in [0.5, 0.6) is 0 Å². The van der Waals surface area contributed by atoms with E-state index in [2.05, 4.69) is 11.6 Å². The first kappa shape index (κ1) is 13.4. The van der Waals surface area contributed by atoms with Gasteiger partial charge in [0.1, 0.15) is 0 Å². The van der Waals surface area contributed by atoms with E-state index in [1.165, 1.54) is 0 Å². The van der Waals surface area contributed by atoms with Crippen molar-refractivity contribution in [3.63, 3.8) is 0 Å². The number of carbonyl (C=O) groups is 1. The van der Waals surface area contributed by atoms with Crippen LogP contribution in [0.2, 0.25) is 5.02 Å². The molecule has 0 aromatic heterocycles. The second-order valence-corrected chi connectivity index (χ2v) is 4.73. The fraction of sp³-hybridized carbons (Fsp3) is 0.364. The predicted octanol–water partition coefficient (Wildman–Crippen LogP) is 1.89. The third-order valence-electron chi connectivity index (χ3n) is 2.14. The second kappa shape index (κ2) is 6.78. The normalized spacial score (nSPS) is 10.4. The molecule has 88 valence electrons. The van der Waals surface area contributed by atoms with E-state index in [1.54, 1.807) is 23.9 Å². The van der Waals surface area contributed by atoms with Gasteiger partial charge in [0.15, 0.2) is 0 Å². The second-order valence-electron chi connectivity index (χ2n) is 3.34. The lowest BCUT2D eigenvalue weighted by Gasteiger charge is -2.07. The standard InChI is InChI=1S/C11H15ClN2OS/c1-16-5-4-14-7-9-3-2-8(11(13)15)6-10(9)12/h2-3,6,14H,4-5,7H2,1H3,(H2,13,15). The van der Waals surface area contributed by atoms with Gasteiger partial charge in [-0.05, 0) is 24.0 Å². The number of nitrogens with one attached hydrogen (secondary N) is 1. The van der Waals surface area contributed by atoms with Crippen molar-refractivity contribution in [1.29, 1.82) is 0 Å². The first-order valence-electron chi connectivity index (χ1n) is 4.93. The molecular weight excluding hydrogens is 244 g/mol. The third kappa shape index (κ3) is 4.04. The predicted molar refractivity (Wildman–Crippen MR) is 70.1 cm³/mol. The molecule has 16 heavy (non-hydrogen) atoms. The van der Waals surface area contributed by atoms with Crippen molar-refractivity contribution in [2.75, 3.05) is 18.6 Å². The molecule has 0 atom stereocenters. The number of primary amides is 1. The van der Waals surface area contributed by atoms with Crippen molar-refractivity contribution < 1.29 is 4.79 Å². The summed E-state index contributed by atoms with van der Waals surface area (Å²) in [6.45, 7) is 1.65. The number of rotatable bonds is 6.